The molecule has 194 valence electrons. The highest BCUT2D eigenvalue weighted by atomic mass is 35.5. The van der Waals surface area contributed by atoms with E-state index >= 15 is 0 Å². The molecule has 0 atom stereocenters. The van der Waals surface area contributed by atoms with Crippen molar-refractivity contribution in [1.82, 2.24) is 5.32 Å². The summed E-state index contributed by atoms with van der Waals surface area (Å²) >= 11 is 5.16. The predicted octanol–water partition coefficient (Wildman–Crippen LogP) is 5.05. The number of alkyl carbamates (subject to hydrolysis) is 1. The van der Waals surface area contributed by atoms with Crippen molar-refractivity contribution in [3.05, 3.63) is 106 Å². The Hall–Kier alpha value is -4.24. The Bertz CT molecular complexity index is 1170. The zero-order valence-electron chi connectivity index (χ0n) is 20.4. The summed E-state index contributed by atoms with van der Waals surface area (Å²) in [7, 11) is 2.20. The molecule has 10 heteroatoms. The molecule has 1 aliphatic carbocycles. The minimum Gasteiger partial charge on any atom is -0.469 e. The van der Waals surface area contributed by atoms with Crippen molar-refractivity contribution in [3.63, 3.8) is 0 Å². The number of halogens is 1. The summed E-state index contributed by atoms with van der Waals surface area (Å²) in [6.07, 6.45) is -0.401. The van der Waals surface area contributed by atoms with Crippen molar-refractivity contribution in [1.29, 1.82) is 0 Å². The minimum absolute atomic E-state index is 0.0313. The monoisotopic (exact) mass is 526 g/mol. The molecule has 3 aromatic carbocycles. The third-order valence-corrected chi connectivity index (χ3v) is 5.39. The lowest BCUT2D eigenvalue weighted by atomic mass is 9.98. The van der Waals surface area contributed by atoms with Gasteiger partial charge in [0.1, 0.15) is 6.61 Å². The number of nitrogens with one attached hydrogen (secondary N) is 1. The highest BCUT2D eigenvalue weighted by Gasteiger charge is 2.28. The van der Waals surface area contributed by atoms with Gasteiger partial charge in [-0.05, 0) is 33.9 Å². The Balaban J connectivity index is 0.000000306. The van der Waals surface area contributed by atoms with Gasteiger partial charge in [0.2, 0.25) is 0 Å². The molecule has 1 aliphatic rings. The normalized spacial score (nSPS) is 10.8. The molecule has 4 rings (SSSR count). The third-order valence-electron chi connectivity index (χ3n) is 5.17. The Morgan fingerprint density at radius 1 is 0.919 bits per heavy atom. The van der Waals surface area contributed by atoms with Gasteiger partial charge in [-0.15, -0.1) is 0 Å². The van der Waals surface area contributed by atoms with Gasteiger partial charge in [-0.1, -0.05) is 78.9 Å². The van der Waals surface area contributed by atoms with Crippen LogP contribution in [0.1, 0.15) is 33.8 Å². The average Bonchev–Trinajstić information content (AvgIpc) is 3.21. The van der Waals surface area contributed by atoms with Crippen LogP contribution in [0.3, 0.4) is 0 Å². The van der Waals surface area contributed by atoms with Gasteiger partial charge in [0.05, 0.1) is 13.5 Å². The van der Waals surface area contributed by atoms with Gasteiger partial charge in [0, 0.05) is 22.9 Å². The van der Waals surface area contributed by atoms with Crippen LogP contribution in [0.25, 0.3) is 11.1 Å². The molecule has 3 aromatic rings. The van der Waals surface area contributed by atoms with Crippen LogP contribution in [-0.2, 0) is 14.3 Å². The molecule has 1 amide bonds. The number of nitro groups is 1. The molecule has 0 saturated carbocycles. The van der Waals surface area contributed by atoms with E-state index in [9.17, 15) is 14.4 Å². The summed E-state index contributed by atoms with van der Waals surface area (Å²) in [5, 5.41) is 11.0. The molecule has 0 fully saturated rings. The summed E-state index contributed by atoms with van der Waals surface area (Å²) in [4.78, 5) is 41.5. The molecule has 37 heavy (non-hydrogen) atoms. The van der Waals surface area contributed by atoms with Gasteiger partial charge in [-0.25, -0.2) is 4.79 Å². The van der Waals surface area contributed by atoms with Crippen molar-refractivity contribution in [2.75, 3.05) is 27.3 Å². The number of hydrogen-bond acceptors (Lipinski definition) is 7. The number of hydrogen-bond donors (Lipinski definition) is 1. The van der Waals surface area contributed by atoms with E-state index < -0.39 is 16.3 Å². The number of methoxy groups -OCH3 is 1. The van der Waals surface area contributed by atoms with Gasteiger partial charge in [-0.2, -0.15) is 0 Å². The molecule has 9 nitrogen and oxygen atoms in total. The van der Waals surface area contributed by atoms with Gasteiger partial charge >= 0.3 is 12.1 Å². The first kappa shape index (κ1) is 29.0. The maximum Gasteiger partial charge on any atom is 0.407 e. The zero-order chi connectivity index (χ0) is 27.2. The van der Waals surface area contributed by atoms with Crippen molar-refractivity contribution >= 4 is 28.9 Å². The summed E-state index contributed by atoms with van der Waals surface area (Å²) in [5.74, 6) is -0.335. The summed E-state index contributed by atoms with van der Waals surface area (Å²) in [6, 6.07) is 25.1. The number of ether oxygens (including phenoxy) is 2. The summed E-state index contributed by atoms with van der Waals surface area (Å²) in [6.45, 7) is 0.460. The number of benzene rings is 3. The molecule has 0 bridgehead atoms. The number of nitrogens with zero attached hydrogens (tertiary/aromatic N) is 1. The average molecular weight is 527 g/mol. The molecule has 1 N–H and O–H groups in total. The largest absolute Gasteiger partial charge is 0.469 e. The SMILES string of the molecule is COC(=O)CCNC(=O)OCC1c2ccccc2-c2ccccc21.C[N+](=O)[O-].O=C(Cl)c1ccccc1. The second-order valence-corrected chi connectivity index (χ2v) is 8.00. The number of carbonyl (C=O) groups is 3. The molecule has 0 saturated heterocycles. The van der Waals surface area contributed by atoms with Crippen LogP contribution in [0.2, 0.25) is 0 Å². The van der Waals surface area contributed by atoms with E-state index in [1.54, 1.807) is 24.3 Å². The summed E-state index contributed by atoms with van der Waals surface area (Å²) < 4.78 is 9.87. The van der Waals surface area contributed by atoms with Crippen LogP contribution >= 0.6 is 11.6 Å². The second kappa shape index (κ2) is 15.0. The number of esters is 1. The molecule has 0 unspecified atom stereocenters. The molecule has 0 aliphatic heterocycles. The number of amides is 1. The quantitative estimate of drug-likeness (QED) is 0.206. The summed E-state index contributed by atoms with van der Waals surface area (Å²) in [5.41, 5.74) is 5.25. The van der Waals surface area contributed by atoms with E-state index in [1.807, 2.05) is 30.3 Å². The topological polar surface area (TPSA) is 125 Å². The first-order valence-corrected chi connectivity index (χ1v) is 11.6. The van der Waals surface area contributed by atoms with E-state index in [0.717, 1.165) is 7.05 Å². The first-order valence-electron chi connectivity index (χ1n) is 11.2. The Morgan fingerprint density at radius 3 is 1.86 bits per heavy atom. The Morgan fingerprint density at radius 2 is 1.41 bits per heavy atom. The van der Waals surface area contributed by atoms with E-state index in [-0.39, 0.29) is 31.5 Å². The van der Waals surface area contributed by atoms with Gasteiger partial charge in [0.25, 0.3) is 5.24 Å². The van der Waals surface area contributed by atoms with Crippen LogP contribution in [-0.4, -0.2) is 49.5 Å². The van der Waals surface area contributed by atoms with E-state index in [4.69, 9.17) is 26.5 Å². The van der Waals surface area contributed by atoms with Gasteiger partial charge < -0.3 is 14.8 Å². The zero-order valence-corrected chi connectivity index (χ0v) is 21.1. The standard InChI is InChI=1S/C19H19NO4.C7H5ClO.CH3NO2/c1-23-18(21)10-11-20-19(22)24-12-17-15-8-4-2-6-13(15)14-7-3-5-9-16(14)17;8-7(9)6-4-2-1-3-5-6;1-2(3)4/h2-9,17H,10-12H2,1H3,(H,20,22);1-5H;1H3. The van der Waals surface area contributed by atoms with Crippen LogP contribution in [0.15, 0.2) is 78.9 Å². The van der Waals surface area contributed by atoms with E-state index in [1.165, 1.54) is 29.4 Å². The lowest BCUT2D eigenvalue weighted by molar-refractivity contribution is -0.445. The fourth-order valence-electron chi connectivity index (χ4n) is 3.59. The second-order valence-electron chi connectivity index (χ2n) is 7.66. The Kier molecular flexibility index (Phi) is 11.8. The molecule has 0 heterocycles. The first-order chi connectivity index (χ1) is 17.7. The highest BCUT2D eigenvalue weighted by molar-refractivity contribution is 6.67. The van der Waals surface area contributed by atoms with E-state index in [2.05, 4.69) is 34.3 Å². The van der Waals surface area contributed by atoms with E-state index in [0.29, 0.717) is 5.56 Å². The molecule has 0 aromatic heterocycles. The minimum atomic E-state index is -0.527. The van der Waals surface area contributed by atoms with Crippen LogP contribution in [0.4, 0.5) is 4.79 Å². The van der Waals surface area contributed by atoms with Crippen LogP contribution in [0, 0.1) is 10.1 Å². The smallest absolute Gasteiger partial charge is 0.407 e. The lowest BCUT2D eigenvalue weighted by Crippen LogP contribution is -2.28. The lowest BCUT2D eigenvalue weighted by Gasteiger charge is -2.14. The molecular formula is C27H27ClN2O7. The van der Waals surface area contributed by atoms with Crippen LogP contribution in [0.5, 0.6) is 0 Å². The van der Waals surface area contributed by atoms with Gasteiger partial charge in [0.15, 0.2) is 7.05 Å². The van der Waals surface area contributed by atoms with Crippen molar-refractivity contribution in [2.24, 2.45) is 0 Å². The maximum atomic E-state index is 11.8. The number of carbonyl (C=O) groups excluding carboxylic acids is 3. The molecular weight excluding hydrogens is 500 g/mol. The van der Waals surface area contributed by atoms with Crippen molar-refractivity contribution in [2.45, 2.75) is 12.3 Å². The fourth-order valence-corrected chi connectivity index (χ4v) is 3.71. The third kappa shape index (κ3) is 9.38. The molecule has 0 radical (unpaired) electrons. The fraction of sp³-hybridized carbons (Fsp3) is 0.222. The number of rotatable bonds is 6. The molecule has 0 spiro atoms. The Labute approximate surface area is 219 Å². The predicted molar refractivity (Wildman–Crippen MR) is 139 cm³/mol. The number of fused-ring (bicyclic) bond motifs is 3. The van der Waals surface area contributed by atoms with Crippen molar-refractivity contribution < 1.29 is 28.8 Å². The van der Waals surface area contributed by atoms with Crippen LogP contribution < -0.4 is 5.32 Å². The maximum absolute atomic E-state index is 11.8. The highest BCUT2D eigenvalue weighted by Crippen LogP contribution is 2.44. The van der Waals surface area contributed by atoms with Gasteiger partial charge in [-0.3, -0.25) is 19.7 Å². The van der Waals surface area contributed by atoms with Crippen molar-refractivity contribution in [3.8, 4) is 11.1 Å².